The lowest BCUT2D eigenvalue weighted by atomic mass is 10.0. The average molecular weight is 420 g/mol. The lowest BCUT2D eigenvalue weighted by Gasteiger charge is -2.03. The highest BCUT2D eigenvalue weighted by molar-refractivity contribution is 6.01. The van der Waals surface area contributed by atoms with E-state index in [2.05, 4.69) is 20.2 Å². The molecule has 0 aliphatic rings. The van der Waals surface area contributed by atoms with Crippen LogP contribution in [0.5, 0.6) is 5.75 Å². The van der Waals surface area contributed by atoms with Crippen LogP contribution in [-0.2, 0) is 0 Å². The van der Waals surface area contributed by atoms with E-state index in [9.17, 15) is 9.50 Å². The molecule has 0 aliphatic carbocycles. The minimum Gasteiger partial charge on any atom is -0.508 e. The molecule has 0 amide bonds. The smallest absolute Gasteiger partial charge is 0.123 e. The Kier molecular flexibility index (Phi) is 4.04. The monoisotopic (exact) mass is 420 g/mol. The molecule has 0 aliphatic heterocycles. The first-order valence-corrected chi connectivity index (χ1v) is 10.2. The van der Waals surface area contributed by atoms with Crippen LogP contribution in [0.1, 0.15) is 0 Å². The van der Waals surface area contributed by atoms with Gasteiger partial charge in [0.1, 0.15) is 17.3 Å². The molecular weight excluding hydrogens is 403 g/mol. The molecule has 3 aromatic carbocycles. The van der Waals surface area contributed by atoms with E-state index < -0.39 is 0 Å². The number of nitrogens with one attached hydrogen (secondary N) is 2. The summed E-state index contributed by atoms with van der Waals surface area (Å²) in [6.07, 6.45) is 1.74. The number of aromatic hydroxyl groups is 1. The summed E-state index contributed by atoms with van der Waals surface area (Å²) in [7, 11) is 0. The van der Waals surface area contributed by atoms with E-state index in [0.717, 1.165) is 55.6 Å². The maximum absolute atomic E-state index is 13.8. The van der Waals surface area contributed by atoms with E-state index in [0.29, 0.717) is 0 Å². The number of aromatic amines is 2. The number of pyridine rings is 1. The van der Waals surface area contributed by atoms with E-state index in [1.165, 1.54) is 6.07 Å². The molecule has 32 heavy (non-hydrogen) atoms. The van der Waals surface area contributed by atoms with Crippen LogP contribution in [0.3, 0.4) is 0 Å². The summed E-state index contributed by atoms with van der Waals surface area (Å²) in [6.45, 7) is 0. The minimum atomic E-state index is -0.263. The van der Waals surface area contributed by atoms with Crippen LogP contribution in [0.15, 0.2) is 85.1 Å². The van der Waals surface area contributed by atoms with Crippen LogP contribution in [0.2, 0.25) is 0 Å². The Balaban J connectivity index is 1.51. The Morgan fingerprint density at radius 2 is 1.62 bits per heavy atom. The lowest BCUT2D eigenvalue weighted by molar-refractivity contribution is 0.475. The second-order valence-electron chi connectivity index (χ2n) is 7.70. The van der Waals surface area contributed by atoms with Gasteiger partial charge in [-0.3, -0.25) is 10.1 Å². The largest absolute Gasteiger partial charge is 0.508 e. The van der Waals surface area contributed by atoms with E-state index in [4.69, 9.17) is 0 Å². The number of phenolic OH excluding ortho intramolecular Hbond substituents is 1. The van der Waals surface area contributed by atoms with Crippen LogP contribution in [0.4, 0.5) is 4.39 Å². The third-order valence-electron chi connectivity index (χ3n) is 5.64. The number of nitrogens with zero attached hydrogens (tertiary/aromatic N) is 2. The van der Waals surface area contributed by atoms with E-state index in [1.54, 1.807) is 36.5 Å². The maximum Gasteiger partial charge on any atom is 0.123 e. The zero-order valence-corrected chi connectivity index (χ0v) is 16.8. The van der Waals surface area contributed by atoms with Crippen LogP contribution in [-0.4, -0.2) is 25.3 Å². The molecule has 0 saturated heterocycles. The molecule has 3 N–H and O–H groups in total. The number of rotatable bonds is 3. The van der Waals surface area contributed by atoms with E-state index in [-0.39, 0.29) is 11.6 Å². The average Bonchev–Trinajstić information content (AvgIpc) is 3.42. The van der Waals surface area contributed by atoms with Crippen molar-refractivity contribution in [2.24, 2.45) is 0 Å². The molecular formula is C26H17FN4O. The van der Waals surface area contributed by atoms with Crippen molar-refractivity contribution < 1.29 is 9.50 Å². The lowest BCUT2D eigenvalue weighted by Crippen LogP contribution is -1.84. The van der Waals surface area contributed by atoms with Gasteiger partial charge in [-0.1, -0.05) is 36.4 Å². The predicted molar refractivity (Wildman–Crippen MR) is 124 cm³/mol. The number of aromatic nitrogens is 4. The molecule has 3 heterocycles. The summed E-state index contributed by atoms with van der Waals surface area (Å²) in [5.41, 5.74) is 6.72. The van der Waals surface area contributed by atoms with E-state index in [1.807, 2.05) is 42.5 Å². The molecule has 0 atom stereocenters. The Bertz CT molecular complexity index is 1620. The van der Waals surface area contributed by atoms with Gasteiger partial charge in [-0.15, -0.1) is 0 Å². The Hall–Kier alpha value is -4.45. The van der Waals surface area contributed by atoms with Crippen LogP contribution in [0, 0.1) is 5.82 Å². The fourth-order valence-corrected chi connectivity index (χ4v) is 4.14. The molecule has 0 radical (unpaired) electrons. The summed E-state index contributed by atoms with van der Waals surface area (Å²) in [5, 5.41) is 19.3. The number of fused-ring (bicyclic) bond motifs is 2. The van der Waals surface area contributed by atoms with Crippen molar-refractivity contribution in [3.8, 4) is 39.5 Å². The highest BCUT2D eigenvalue weighted by Gasteiger charge is 2.15. The summed E-state index contributed by atoms with van der Waals surface area (Å²) >= 11 is 0. The maximum atomic E-state index is 13.8. The van der Waals surface area contributed by atoms with Gasteiger partial charge in [0, 0.05) is 21.9 Å². The zero-order chi connectivity index (χ0) is 21.7. The number of hydrogen-bond acceptors (Lipinski definition) is 3. The fraction of sp³-hybridized carbons (Fsp3) is 0. The van der Waals surface area contributed by atoms with E-state index >= 15 is 0 Å². The quantitative estimate of drug-likeness (QED) is 0.315. The molecule has 0 saturated carbocycles. The van der Waals surface area contributed by atoms with Crippen LogP contribution in [0.25, 0.3) is 55.6 Å². The summed E-state index contributed by atoms with van der Waals surface area (Å²) in [4.78, 5) is 7.95. The Labute approximate surface area is 182 Å². The third-order valence-corrected chi connectivity index (χ3v) is 5.64. The van der Waals surface area contributed by atoms with Gasteiger partial charge in [0.2, 0.25) is 0 Å². The number of benzene rings is 3. The SMILES string of the molecule is Oc1cccc(-c2cc3c(-c4cc5c(-c6cccc(F)c6)cccc5[nH]4)n[nH]c3cn2)c1. The Morgan fingerprint density at radius 3 is 2.50 bits per heavy atom. The molecule has 3 aromatic heterocycles. The van der Waals surface area contributed by atoms with Crippen LogP contribution >= 0.6 is 0 Å². The van der Waals surface area contributed by atoms with Gasteiger partial charge < -0.3 is 10.1 Å². The Morgan fingerprint density at radius 1 is 0.781 bits per heavy atom. The van der Waals surface area contributed by atoms with Gasteiger partial charge in [0.15, 0.2) is 0 Å². The molecule has 0 fully saturated rings. The van der Waals surface area contributed by atoms with Crippen molar-refractivity contribution in [3.05, 3.63) is 90.9 Å². The van der Waals surface area contributed by atoms with Crippen molar-refractivity contribution in [1.29, 1.82) is 0 Å². The number of halogens is 1. The molecule has 6 aromatic rings. The second-order valence-corrected chi connectivity index (χ2v) is 7.70. The number of H-pyrrole nitrogens is 2. The number of phenols is 1. The van der Waals surface area contributed by atoms with Gasteiger partial charge in [0.25, 0.3) is 0 Å². The van der Waals surface area contributed by atoms with Crippen molar-refractivity contribution in [2.75, 3.05) is 0 Å². The van der Waals surface area contributed by atoms with Crippen molar-refractivity contribution >= 4 is 21.8 Å². The highest BCUT2D eigenvalue weighted by Crippen LogP contribution is 2.35. The molecule has 6 heteroatoms. The summed E-state index contributed by atoms with van der Waals surface area (Å²) in [6, 6.07) is 23.6. The topological polar surface area (TPSA) is 77.6 Å². The second kappa shape index (κ2) is 7.06. The highest BCUT2D eigenvalue weighted by atomic mass is 19.1. The van der Waals surface area contributed by atoms with Crippen LogP contribution < -0.4 is 0 Å². The molecule has 154 valence electrons. The van der Waals surface area contributed by atoms with Crippen molar-refractivity contribution in [1.82, 2.24) is 20.2 Å². The molecule has 5 nitrogen and oxygen atoms in total. The van der Waals surface area contributed by atoms with Gasteiger partial charge in [-0.2, -0.15) is 5.10 Å². The summed E-state index contributed by atoms with van der Waals surface area (Å²) in [5.74, 6) is -0.0714. The first kappa shape index (κ1) is 18.3. The normalized spacial score (nSPS) is 11.4. The van der Waals surface area contributed by atoms with Crippen molar-refractivity contribution in [3.63, 3.8) is 0 Å². The van der Waals surface area contributed by atoms with Gasteiger partial charge in [-0.25, -0.2) is 4.39 Å². The van der Waals surface area contributed by atoms with Gasteiger partial charge in [0.05, 0.1) is 23.1 Å². The standard InChI is InChI=1S/C26H17FN4O/c27-17-6-1-4-15(10-17)19-8-3-9-22-20(19)12-24(29-22)26-21-13-23(28-14-25(21)30-31-26)16-5-2-7-18(32)11-16/h1-14,29,32H,(H,30,31). The predicted octanol–water partition coefficient (Wildman–Crippen LogP) is 6.28. The molecule has 0 spiro atoms. The number of hydrogen-bond donors (Lipinski definition) is 3. The first-order valence-electron chi connectivity index (χ1n) is 10.2. The molecule has 0 unspecified atom stereocenters. The fourth-order valence-electron chi connectivity index (χ4n) is 4.14. The molecule has 6 rings (SSSR count). The van der Waals surface area contributed by atoms with Gasteiger partial charge >= 0.3 is 0 Å². The first-order chi connectivity index (χ1) is 15.7. The van der Waals surface area contributed by atoms with Crippen molar-refractivity contribution in [2.45, 2.75) is 0 Å². The zero-order valence-electron chi connectivity index (χ0n) is 16.8. The minimum absolute atomic E-state index is 0.192. The summed E-state index contributed by atoms with van der Waals surface area (Å²) < 4.78 is 13.8. The van der Waals surface area contributed by atoms with Gasteiger partial charge in [-0.05, 0) is 53.6 Å². The third kappa shape index (κ3) is 3.01. The molecule has 0 bridgehead atoms.